The molecule has 0 aliphatic carbocycles. The number of rotatable bonds is 4. The van der Waals surface area contributed by atoms with Gasteiger partial charge in [-0.1, -0.05) is 18.2 Å². The van der Waals surface area contributed by atoms with Crippen molar-refractivity contribution >= 4 is 11.9 Å². The van der Waals surface area contributed by atoms with Gasteiger partial charge in [-0.05, 0) is 13.0 Å². The van der Waals surface area contributed by atoms with Crippen LogP contribution in [0.2, 0.25) is 0 Å². The summed E-state index contributed by atoms with van der Waals surface area (Å²) in [5, 5.41) is 8.97. The smallest absolute Gasteiger partial charge is 0.311 e. The normalized spacial score (nSPS) is 17.5. The summed E-state index contributed by atoms with van der Waals surface area (Å²) < 4.78 is 24.8. The molecule has 7 heteroatoms. The Kier molecular flexibility index (Phi) is 4.85. The van der Waals surface area contributed by atoms with Crippen LogP contribution in [0.5, 0.6) is 0 Å². The number of morpholine rings is 1. The van der Waals surface area contributed by atoms with Crippen LogP contribution in [0.3, 0.4) is 0 Å². The molecule has 25 heavy (non-hydrogen) atoms. The fraction of sp³-hybridized carbons (Fsp3) is 0.333. The molecule has 1 N–H and O–H groups in total. The van der Waals surface area contributed by atoms with Gasteiger partial charge in [-0.25, -0.2) is 4.39 Å². The number of carboxylic acid groups (broad SMARTS) is 1. The Bertz CT molecular complexity index is 801. The number of benzene rings is 1. The number of carbonyl (C=O) groups is 2. The molecule has 2 aromatic rings. The highest BCUT2D eigenvalue weighted by Crippen LogP contribution is 2.27. The van der Waals surface area contributed by atoms with Crippen LogP contribution in [-0.2, 0) is 16.0 Å². The van der Waals surface area contributed by atoms with Crippen LogP contribution in [0.15, 0.2) is 34.9 Å². The fourth-order valence-electron chi connectivity index (χ4n) is 2.97. The van der Waals surface area contributed by atoms with Gasteiger partial charge < -0.3 is 19.2 Å². The van der Waals surface area contributed by atoms with E-state index in [4.69, 9.17) is 14.3 Å². The molecule has 1 aromatic carbocycles. The molecule has 1 atom stereocenters. The minimum absolute atomic E-state index is 0.129. The van der Waals surface area contributed by atoms with Crippen LogP contribution >= 0.6 is 0 Å². The zero-order chi connectivity index (χ0) is 18.0. The first-order valence-electron chi connectivity index (χ1n) is 7.91. The molecular weight excluding hydrogens is 329 g/mol. The Balaban J connectivity index is 1.82. The van der Waals surface area contributed by atoms with E-state index in [0.29, 0.717) is 17.7 Å². The second kappa shape index (κ2) is 7.06. The Morgan fingerprint density at radius 2 is 2.12 bits per heavy atom. The highest BCUT2D eigenvalue weighted by Gasteiger charge is 2.31. The third kappa shape index (κ3) is 3.56. The molecule has 1 aliphatic rings. The van der Waals surface area contributed by atoms with Crippen molar-refractivity contribution in [1.29, 1.82) is 0 Å². The number of furan rings is 1. The summed E-state index contributed by atoms with van der Waals surface area (Å²) in [5.41, 5.74) is 1.24. The molecule has 0 saturated carbocycles. The summed E-state index contributed by atoms with van der Waals surface area (Å²) in [4.78, 5) is 25.4. The largest absolute Gasteiger partial charge is 0.481 e. The van der Waals surface area contributed by atoms with E-state index >= 15 is 0 Å². The molecule has 1 amide bonds. The van der Waals surface area contributed by atoms with Crippen LogP contribution < -0.4 is 0 Å². The van der Waals surface area contributed by atoms with Crippen LogP contribution in [-0.4, -0.2) is 41.6 Å². The summed E-state index contributed by atoms with van der Waals surface area (Å²) in [6.45, 7) is 2.50. The van der Waals surface area contributed by atoms with Crippen LogP contribution in [0.1, 0.15) is 33.3 Å². The Morgan fingerprint density at radius 1 is 1.36 bits per heavy atom. The zero-order valence-electron chi connectivity index (χ0n) is 13.7. The minimum Gasteiger partial charge on any atom is -0.481 e. The molecule has 1 fully saturated rings. The van der Waals surface area contributed by atoms with Gasteiger partial charge in [-0.15, -0.1) is 0 Å². The molecule has 2 heterocycles. The number of hydrogen-bond acceptors (Lipinski definition) is 4. The topological polar surface area (TPSA) is 80.0 Å². The summed E-state index contributed by atoms with van der Waals surface area (Å²) in [7, 11) is 0. The number of aryl methyl sites for hydroxylation is 1. The van der Waals surface area contributed by atoms with Crippen LogP contribution in [0.25, 0.3) is 0 Å². The van der Waals surface area contributed by atoms with Gasteiger partial charge in [0.25, 0.3) is 5.91 Å². The van der Waals surface area contributed by atoms with Crippen molar-refractivity contribution in [3.8, 4) is 0 Å². The van der Waals surface area contributed by atoms with Crippen molar-refractivity contribution in [1.82, 2.24) is 4.90 Å². The monoisotopic (exact) mass is 347 g/mol. The number of ether oxygens (including phenoxy) is 1. The lowest BCUT2D eigenvalue weighted by Gasteiger charge is -2.33. The first-order valence-corrected chi connectivity index (χ1v) is 7.91. The first kappa shape index (κ1) is 17.2. The lowest BCUT2D eigenvalue weighted by Crippen LogP contribution is -2.42. The van der Waals surface area contributed by atoms with Gasteiger partial charge in [0.2, 0.25) is 0 Å². The van der Waals surface area contributed by atoms with E-state index in [0.717, 1.165) is 0 Å². The number of aliphatic carboxylic acids is 1. The van der Waals surface area contributed by atoms with Crippen molar-refractivity contribution in [2.75, 3.05) is 19.7 Å². The standard InChI is InChI=1S/C18H18FNO5/c1-11-10-25-14(8-16(21)22)17(11)18(23)20-6-7-24-15(9-20)12-4-2-3-5-13(12)19/h2-5,10,15H,6-9H2,1H3,(H,21,22). The van der Waals surface area contributed by atoms with E-state index in [1.54, 1.807) is 30.0 Å². The summed E-state index contributed by atoms with van der Waals surface area (Å²) in [6, 6.07) is 6.29. The van der Waals surface area contributed by atoms with Crippen molar-refractivity contribution in [3.63, 3.8) is 0 Å². The number of carboxylic acids is 1. The van der Waals surface area contributed by atoms with Gasteiger partial charge >= 0.3 is 5.97 Å². The SMILES string of the molecule is Cc1coc(CC(=O)O)c1C(=O)N1CCOC(c2ccccc2F)C1. The fourth-order valence-corrected chi connectivity index (χ4v) is 2.97. The van der Waals surface area contributed by atoms with E-state index in [9.17, 15) is 14.0 Å². The second-order valence-corrected chi connectivity index (χ2v) is 5.92. The molecule has 1 unspecified atom stereocenters. The summed E-state index contributed by atoms with van der Waals surface area (Å²) in [6.07, 6.45) is 0.449. The third-order valence-electron chi connectivity index (χ3n) is 4.18. The van der Waals surface area contributed by atoms with E-state index in [1.165, 1.54) is 12.3 Å². The number of carbonyl (C=O) groups excluding carboxylic acids is 1. The van der Waals surface area contributed by atoms with Crippen molar-refractivity contribution in [2.24, 2.45) is 0 Å². The van der Waals surface area contributed by atoms with Crippen molar-refractivity contribution in [2.45, 2.75) is 19.4 Å². The average molecular weight is 347 g/mol. The van der Waals surface area contributed by atoms with Gasteiger partial charge in [-0.2, -0.15) is 0 Å². The first-order chi connectivity index (χ1) is 12.0. The summed E-state index contributed by atoms with van der Waals surface area (Å²) in [5.74, 6) is -1.65. The molecule has 1 saturated heterocycles. The minimum atomic E-state index is -1.07. The van der Waals surface area contributed by atoms with Gasteiger partial charge in [0.15, 0.2) is 0 Å². The van der Waals surface area contributed by atoms with Crippen molar-refractivity contribution in [3.05, 3.63) is 58.8 Å². The van der Waals surface area contributed by atoms with E-state index in [1.807, 2.05) is 0 Å². The number of nitrogens with zero attached hydrogens (tertiary/aromatic N) is 1. The quantitative estimate of drug-likeness (QED) is 0.919. The zero-order valence-corrected chi connectivity index (χ0v) is 13.7. The average Bonchev–Trinajstić information content (AvgIpc) is 2.94. The Morgan fingerprint density at radius 3 is 2.84 bits per heavy atom. The Labute approximate surface area is 143 Å². The number of hydrogen-bond donors (Lipinski definition) is 1. The molecule has 0 bridgehead atoms. The van der Waals surface area contributed by atoms with Gasteiger partial charge in [0, 0.05) is 17.7 Å². The van der Waals surface area contributed by atoms with Crippen LogP contribution in [0.4, 0.5) is 4.39 Å². The van der Waals surface area contributed by atoms with Crippen LogP contribution in [0, 0.1) is 12.7 Å². The number of halogens is 1. The predicted molar refractivity (Wildman–Crippen MR) is 85.8 cm³/mol. The highest BCUT2D eigenvalue weighted by atomic mass is 19.1. The molecule has 0 radical (unpaired) electrons. The number of amides is 1. The molecule has 0 spiro atoms. The maximum atomic E-state index is 14.0. The molecule has 3 rings (SSSR count). The molecule has 6 nitrogen and oxygen atoms in total. The lowest BCUT2D eigenvalue weighted by molar-refractivity contribution is -0.136. The van der Waals surface area contributed by atoms with Crippen molar-refractivity contribution < 1.29 is 28.2 Å². The predicted octanol–water partition coefficient (Wildman–Crippen LogP) is 2.57. The molecule has 1 aliphatic heterocycles. The van der Waals surface area contributed by atoms with Gasteiger partial charge in [0.05, 0.1) is 25.0 Å². The van der Waals surface area contributed by atoms with E-state index in [2.05, 4.69) is 0 Å². The molecule has 132 valence electrons. The van der Waals surface area contributed by atoms with Gasteiger partial charge in [0.1, 0.15) is 24.1 Å². The van der Waals surface area contributed by atoms with E-state index in [-0.39, 0.29) is 42.6 Å². The maximum absolute atomic E-state index is 14.0. The lowest BCUT2D eigenvalue weighted by atomic mass is 10.0. The van der Waals surface area contributed by atoms with E-state index < -0.39 is 12.1 Å². The highest BCUT2D eigenvalue weighted by molar-refractivity contribution is 5.97. The van der Waals surface area contributed by atoms with Gasteiger partial charge in [-0.3, -0.25) is 9.59 Å². The third-order valence-corrected chi connectivity index (χ3v) is 4.18. The Hall–Kier alpha value is -2.67. The summed E-state index contributed by atoms with van der Waals surface area (Å²) >= 11 is 0. The molecule has 1 aromatic heterocycles. The molecular formula is C18H18FNO5. The maximum Gasteiger partial charge on any atom is 0.311 e. The second-order valence-electron chi connectivity index (χ2n) is 5.92.